The Hall–Kier alpha value is -7.08. The van der Waals surface area contributed by atoms with Crippen molar-refractivity contribution in [3.8, 4) is 66.8 Å². The third kappa shape index (κ3) is 7.96. The number of fused-ring (bicyclic) bond motifs is 1. The van der Waals surface area contributed by atoms with Gasteiger partial charge in [0.25, 0.3) is 0 Å². The summed E-state index contributed by atoms with van der Waals surface area (Å²) in [6, 6.07) is 32.0. The Morgan fingerprint density at radius 1 is 0.442 bits per heavy atom. The first kappa shape index (κ1) is 50.7. The fraction of sp³-hybridized carbons (Fsp3) is 0.286. The fourth-order valence-electron chi connectivity index (χ4n) is 13.8. The summed E-state index contributed by atoms with van der Waals surface area (Å²) < 4.78 is 0. The number of aryl methyl sites for hydroxylation is 6. The van der Waals surface area contributed by atoms with Crippen LogP contribution in [0, 0.1) is 13.8 Å². The van der Waals surface area contributed by atoms with Gasteiger partial charge in [0.2, 0.25) is 0 Å². The minimum Gasteiger partial charge on any atom is -0.657 e. The van der Waals surface area contributed by atoms with E-state index in [-0.39, 0.29) is 31.0 Å². The summed E-state index contributed by atoms with van der Waals surface area (Å²) in [4.78, 5) is 49.9. The second-order valence-corrected chi connectivity index (χ2v) is 21.9. The van der Waals surface area contributed by atoms with Gasteiger partial charge < -0.3 is 9.97 Å². The molecule has 14 heterocycles. The van der Waals surface area contributed by atoms with Crippen molar-refractivity contribution in [3.63, 3.8) is 0 Å². The van der Waals surface area contributed by atoms with Crippen LogP contribution in [-0.2, 0) is 54.8 Å². The molecule has 0 radical (unpaired) electrons. The Bertz CT molecular complexity index is 4070. The maximum atomic E-state index is 13.4. The SMILES string of the molecule is CCC1=C(C)c2nc1cc1[n-]c(c(C)c1CC)c1c3nc(cc4[n-]c(c(C)c4CC)c2-c2cccc4c2-c2ccc(cc2-4)CCCCC2=CC(=O)C(=CC2=O)CCCCc2ccc4c(c2)-c2c-4cccc2-1)C(CC)=C3C.[Zn+2]. The average Bonchev–Trinajstić information content (AvgIpc) is 4.27. The minimum atomic E-state index is -0.00743. The van der Waals surface area contributed by atoms with E-state index in [0.717, 1.165) is 131 Å². The third-order valence-corrected chi connectivity index (χ3v) is 17.8. The van der Waals surface area contributed by atoms with Gasteiger partial charge in [-0.05, 0) is 217 Å². The molecule has 11 aliphatic heterocycles. The average molecular weight is 1060 g/mol. The Morgan fingerprint density at radius 2 is 0.870 bits per heavy atom. The van der Waals surface area contributed by atoms with Crippen molar-refractivity contribution in [2.45, 2.75) is 132 Å². The maximum Gasteiger partial charge on any atom is 2.00 e. The second kappa shape index (κ2) is 19.7. The van der Waals surface area contributed by atoms with Gasteiger partial charge in [-0.3, -0.25) is 9.59 Å². The summed E-state index contributed by atoms with van der Waals surface area (Å²) in [6.45, 7) is 18.1. The molecule has 0 spiro atoms. The summed E-state index contributed by atoms with van der Waals surface area (Å²) in [5, 5.41) is 0. The van der Waals surface area contributed by atoms with E-state index in [2.05, 4.69) is 140 Å². The normalized spacial score (nSPS) is 15.6. The Labute approximate surface area is 465 Å². The molecule has 7 heteroatoms. The van der Waals surface area contributed by atoms with Crippen molar-refractivity contribution in [3.05, 3.63) is 164 Å². The summed E-state index contributed by atoms with van der Waals surface area (Å²) in [7, 11) is 0. The molecule has 378 valence electrons. The van der Waals surface area contributed by atoms with Crippen LogP contribution in [0.25, 0.3) is 111 Å². The Morgan fingerprint density at radius 3 is 1.35 bits per heavy atom. The molecule has 0 amide bonds. The summed E-state index contributed by atoms with van der Waals surface area (Å²) in [5.74, 6) is -0.0143. The summed E-state index contributed by atoms with van der Waals surface area (Å²) in [5.41, 5.74) is 35.7. The molecular weight excluding hydrogens is 994 g/mol. The molecule has 0 unspecified atom stereocenters. The second-order valence-electron chi connectivity index (χ2n) is 21.9. The maximum absolute atomic E-state index is 13.4. The van der Waals surface area contributed by atoms with Crippen LogP contribution in [0.15, 0.2) is 108 Å². The molecule has 0 saturated heterocycles. The molecule has 4 aromatic carbocycles. The zero-order valence-electron chi connectivity index (χ0n) is 46.0. The molecule has 0 fully saturated rings. The van der Waals surface area contributed by atoms with Gasteiger partial charge in [-0.1, -0.05) is 135 Å². The van der Waals surface area contributed by atoms with Crippen LogP contribution in [0.5, 0.6) is 0 Å². The topological polar surface area (TPSA) is 88.1 Å². The fourth-order valence-corrected chi connectivity index (χ4v) is 13.8. The molecule has 3 aromatic heterocycles. The zero-order valence-corrected chi connectivity index (χ0v) is 49.0. The predicted octanol–water partition coefficient (Wildman–Crippen LogP) is 17.1. The number of carbonyl (C=O) groups is 2. The van der Waals surface area contributed by atoms with Crippen LogP contribution < -0.4 is 9.97 Å². The van der Waals surface area contributed by atoms with Crippen LogP contribution in [-0.4, -0.2) is 21.5 Å². The van der Waals surface area contributed by atoms with Crippen molar-refractivity contribution in [1.29, 1.82) is 0 Å². The zero-order chi connectivity index (χ0) is 52.3. The number of benzene rings is 4. The van der Waals surface area contributed by atoms with Gasteiger partial charge in [-0.15, -0.1) is 22.1 Å². The number of nitrogens with zero attached hydrogens (tertiary/aromatic N) is 4. The van der Waals surface area contributed by atoms with Gasteiger partial charge in [-0.25, -0.2) is 9.97 Å². The molecule has 21 rings (SSSR count). The molecule has 0 N–H and O–H groups in total. The van der Waals surface area contributed by atoms with Crippen molar-refractivity contribution >= 4 is 55.9 Å². The van der Waals surface area contributed by atoms with Gasteiger partial charge in [0.15, 0.2) is 11.6 Å². The molecule has 14 aliphatic rings. The minimum absolute atomic E-state index is 0. The Balaban J connectivity index is 0.00000596. The van der Waals surface area contributed by atoms with E-state index < -0.39 is 0 Å². The number of carbonyl (C=O) groups excluding carboxylic acids is 2. The molecule has 7 aromatic rings. The largest absolute Gasteiger partial charge is 2.00 e. The molecule has 0 atom stereocenters. The van der Waals surface area contributed by atoms with E-state index in [1.807, 2.05) is 0 Å². The van der Waals surface area contributed by atoms with E-state index in [1.54, 1.807) is 12.2 Å². The van der Waals surface area contributed by atoms with Crippen LogP contribution >= 0.6 is 0 Å². The number of hydrogen-bond acceptors (Lipinski definition) is 4. The first-order chi connectivity index (χ1) is 37.0. The number of ketones is 2. The van der Waals surface area contributed by atoms with E-state index in [4.69, 9.17) is 19.9 Å². The van der Waals surface area contributed by atoms with Crippen LogP contribution in [0.4, 0.5) is 0 Å². The summed E-state index contributed by atoms with van der Waals surface area (Å²) >= 11 is 0. The van der Waals surface area contributed by atoms with E-state index in [9.17, 15) is 9.59 Å². The van der Waals surface area contributed by atoms with E-state index in [0.29, 0.717) is 24.0 Å². The standard InChI is InChI=1S/C70H64N4O2.Zn/c1-9-45-37(5)67-65-53-25-18-24-51-55-31-41(28-30-52(55)63(51)53)19-13-15-21-43-33-62(76)44(34-61(43)75)22-16-14-20-42-27-29-49-50-23-17-26-54(64(50)56(49)32-42)66(69-39(7)47(11-3)59(73-69)35-57(45)71-67)70-40(8)48(12-4)60(74-70)36-58-46(10-2)38(6)68(65)72-58;/h17-18,23-36H,9-16,19-22H2,1-8H3;/q-2;+2. The first-order valence-electron chi connectivity index (χ1n) is 28.1. The van der Waals surface area contributed by atoms with Crippen molar-refractivity contribution in [2.75, 3.05) is 0 Å². The molecular formula is C70H64N4O2Zn. The number of allylic oxidation sites excluding steroid dienone is 8. The Kier molecular flexibility index (Phi) is 13.0. The quantitative estimate of drug-likeness (QED) is 0.129. The number of hydrogen-bond donors (Lipinski definition) is 0. The van der Waals surface area contributed by atoms with E-state index in [1.165, 1.54) is 100 Å². The third-order valence-electron chi connectivity index (χ3n) is 17.8. The van der Waals surface area contributed by atoms with Crippen molar-refractivity contribution in [1.82, 2.24) is 19.9 Å². The van der Waals surface area contributed by atoms with E-state index >= 15 is 0 Å². The van der Waals surface area contributed by atoms with Gasteiger partial charge in [0, 0.05) is 11.1 Å². The summed E-state index contributed by atoms with van der Waals surface area (Å²) in [6.07, 6.45) is 13.1. The monoisotopic (exact) mass is 1060 g/mol. The predicted molar refractivity (Wildman–Crippen MR) is 314 cm³/mol. The van der Waals surface area contributed by atoms with Crippen LogP contribution in [0.1, 0.15) is 149 Å². The first-order valence-corrected chi connectivity index (χ1v) is 28.1. The molecule has 3 aliphatic carbocycles. The van der Waals surface area contributed by atoms with Gasteiger partial charge in [0.1, 0.15) is 0 Å². The molecule has 6 nitrogen and oxygen atoms in total. The number of aromatic nitrogens is 4. The van der Waals surface area contributed by atoms with Crippen molar-refractivity contribution < 1.29 is 29.1 Å². The molecule has 0 saturated carbocycles. The van der Waals surface area contributed by atoms with Crippen LogP contribution in [0.3, 0.4) is 0 Å². The van der Waals surface area contributed by atoms with Gasteiger partial charge >= 0.3 is 19.5 Å². The molecule has 77 heavy (non-hydrogen) atoms. The number of rotatable bonds is 4. The molecule has 20 bridgehead atoms. The smallest absolute Gasteiger partial charge is 0.657 e. The van der Waals surface area contributed by atoms with Crippen LogP contribution in [0.2, 0.25) is 0 Å². The van der Waals surface area contributed by atoms with Gasteiger partial charge in [-0.2, -0.15) is 0 Å². The van der Waals surface area contributed by atoms with Gasteiger partial charge in [0.05, 0.1) is 22.8 Å². The van der Waals surface area contributed by atoms with Crippen molar-refractivity contribution in [2.24, 2.45) is 0 Å².